The Bertz CT molecular complexity index is 1570. The highest BCUT2D eigenvalue weighted by atomic mass is 35.5. The van der Waals surface area contributed by atoms with Crippen LogP contribution < -0.4 is 21.1 Å². The first kappa shape index (κ1) is 26.2. The molecule has 0 bridgehead atoms. The van der Waals surface area contributed by atoms with E-state index >= 15 is 0 Å². The summed E-state index contributed by atoms with van der Waals surface area (Å²) in [5, 5.41) is 6.35. The number of halogens is 1. The maximum Gasteiger partial charge on any atom is 0.240 e. The number of nitrogens with zero attached hydrogens (tertiary/aromatic N) is 3. The molecule has 12 heteroatoms. The summed E-state index contributed by atoms with van der Waals surface area (Å²) in [5.74, 6) is 1.03. The first-order chi connectivity index (χ1) is 17.5. The van der Waals surface area contributed by atoms with Gasteiger partial charge in [-0.05, 0) is 50.2 Å². The van der Waals surface area contributed by atoms with Gasteiger partial charge in [0.2, 0.25) is 5.91 Å². The Balaban J connectivity index is 1.50. The molecule has 194 valence electrons. The average Bonchev–Trinajstić information content (AvgIpc) is 3.24. The van der Waals surface area contributed by atoms with E-state index in [1.807, 2.05) is 22.9 Å². The molecule has 4 rings (SSSR count). The van der Waals surface area contributed by atoms with Crippen molar-refractivity contribution in [2.75, 3.05) is 23.9 Å². The maximum absolute atomic E-state index is 12.4. The molecule has 4 N–H and O–H groups in total. The lowest BCUT2D eigenvalue weighted by atomic mass is 10.2. The van der Waals surface area contributed by atoms with Crippen molar-refractivity contribution in [2.24, 2.45) is 0 Å². The number of carbonyl (C=O) groups excluding carboxylic acids is 1. The minimum absolute atomic E-state index is 0.220. The number of ether oxygens (including phenoxy) is 1. The molecule has 2 heterocycles. The number of nitrogens with one attached hydrogen (secondary N) is 2. The predicted octanol–water partition coefficient (Wildman–Crippen LogP) is 4.14. The molecule has 0 aliphatic heterocycles. The highest BCUT2D eigenvalue weighted by molar-refractivity contribution is 7.92. The second-order valence-corrected chi connectivity index (χ2v) is 11.9. The lowest BCUT2D eigenvalue weighted by Gasteiger charge is -2.21. The van der Waals surface area contributed by atoms with Crippen molar-refractivity contribution in [3.05, 3.63) is 66.1 Å². The molecule has 2 aromatic carbocycles. The van der Waals surface area contributed by atoms with Gasteiger partial charge >= 0.3 is 0 Å². The number of nitrogen functional groups attached to an aromatic ring is 1. The second-order valence-electron chi connectivity index (χ2n) is 8.95. The first-order valence-electron chi connectivity index (χ1n) is 11.3. The summed E-state index contributed by atoms with van der Waals surface area (Å²) in [4.78, 5) is 21.1. The number of carbonyl (C=O) groups is 1. The number of fused-ring (bicyclic) bond motifs is 1. The minimum Gasteiger partial charge on any atom is -0.456 e. The van der Waals surface area contributed by atoms with Crippen molar-refractivity contribution >= 4 is 55.6 Å². The Morgan fingerprint density at radius 3 is 2.65 bits per heavy atom. The highest BCUT2D eigenvalue weighted by Crippen LogP contribution is 2.33. The van der Waals surface area contributed by atoms with Gasteiger partial charge in [0.1, 0.15) is 28.1 Å². The van der Waals surface area contributed by atoms with Crippen molar-refractivity contribution in [2.45, 2.75) is 25.1 Å². The van der Waals surface area contributed by atoms with Crippen molar-refractivity contribution in [1.82, 2.24) is 19.9 Å². The Kier molecular flexibility index (Phi) is 7.28. The fraction of sp³-hybridized carbons (Fsp3) is 0.240. The van der Waals surface area contributed by atoms with E-state index in [1.54, 1.807) is 36.4 Å². The Labute approximate surface area is 219 Å². The van der Waals surface area contributed by atoms with Crippen molar-refractivity contribution in [3.8, 4) is 11.5 Å². The van der Waals surface area contributed by atoms with Gasteiger partial charge in [0.25, 0.3) is 0 Å². The van der Waals surface area contributed by atoms with Gasteiger partial charge in [0, 0.05) is 43.0 Å². The predicted molar refractivity (Wildman–Crippen MR) is 145 cm³/mol. The van der Waals surface area contributed by atoms with Crippen LogP contribution in [0.25, 0.3) is 11.0 Å². The van der Waals surface area contributed by atoms with E-state index in [9.17, 15) is 13.2 Å². The van der Waals surface area contributed by atoms with E-state index in [4.69, 9.17) is 22.1 Å². The monoisotopic (exact) mass is 542 g/mol. The van der Waals surface area contributed by atoms with Crippen LogP contribution in [0.15, 0.2) is 61.1 Å². The molecule has 0 spiro atoms. The third kappa shape index (κ3) is 5.78. The quantitative estimate of drug-likeness (QED) is 0.268. The molecular formula is C25H27ClN6O4S. The topological polar surface area (TPSA) is 141 Å². The molecular weight excluding hydrogens is 516 g/mol. The number of anilines is 3. The van der Waals surface area contributed by atoms with Crippen LogP contribution in [-0.2, 0) is 21.2 Å². The molecule has 10 nitrogen and oxygen atoms in total. The van der Waals surface area contributed by atoms with Crippen molar-refractivity contribution in [3.63, 3.8) is 0 Å². The Morgan fingerprint density at radius 2 is 1.95 bits per heavy atom. The Hall–Kier alpha value is -3.83. The van der Waals surface area contributed by atoms with Gasteiger partial charge in [-0.15, -0.1) is 0 Å². The van der Waals surface area contributed by atoms with E-state index in [2.05, 4.69) is 20.6 Å². The number of rotatable bonds is 9. The van der Waals surface area contributed by atoms with Gasteiger partial charge in [0.05, 0.1) is 10.5 Å². The summed E-state index contributed by atoms with van der Waals surface area (Å²) < 4.78 is 30.0. The van der Waals surface area contributed by atoms with E-state index in [1.165, 1.54) is 20.2 Å². The Morgan fingerprint density at radius 1 is 1.16 bits per heavy atom. The third-order valence-corrected chi connectivity index (χ3v) is 8.28. The summed E-state index contributed by atoms with van der Waals surface area (Å²) in [5.41, 5.74) is 8.49. The molecule has 0 fully saturated rings. The molecule has 4 aromatic rings. The lowest BCUT2D eigenvalue weighted by Crippen LogP contribution is -2.48. The highest BCUT2D eigenvalue weighted by Gasteiger charge is 2.38. The number of amides is 1. The normalized spacial score (nSPS) is 11.9. The van der Waals surface area contributed by atoms with Crippen LogP contribution in [0.5, 0.6) is 11.5 Å². The summed E-state index contributed by atoms with van der Waals surface area (Å²) >= 11 is 6.46. The molecule has 0 saturated carbocycles. The summed E-state index contributed by atoms with van der Waals surface area (Å²) in [6.07, 6.45) is 4.32. The number of aromatic nitrogens is 3. The molecule has 0 radical (unpaired) electrons. The van der Waals surface area contributed by atoms with Crippen LogP contribution in [-0.4, -0.2) is 46.4 Å². The lowest BCUT2D eigenvalue weighted by molar-refractivity contribution is -0.122. The molecule has 0 aliphatic carbocycles. The number of hydrogen-bond donors (Lipinski definition) is 3. The van der Waals surface area contributed by atoms with Gasteiger partial charge in [-0.25, -0.2) is 18.4 Å². The van der Waals surface area contributed by atoms with Crippen LogP contribution in [0.4, 0.5) is 17.2 Å². The van der Waals surface area contributed by atoms with E-state index < -0.39 is 20.5 Å². The number of nitrogens with two attached hydrogens (primary N) is 1. The zero-order valence-corrected chi connectivity index (χ0v) is 22.1. The van der Waals surface area contributed by atoms with Crippen LogP contribution in [0, 0.1) is 0 Å². The standard InChI is InChI=1S/C25H27ClN6O4S/c1-25(2,37(3,34)35)24(33)28-10-12-32-11-9-20-22(32)23(30-15-29-20)31-17-7-8-21(19(26)14-17)36-18-6-4-5-16(27)13-18/h4-9,11,13-15H,10,12,27H2,1-3H3,(H,28,33)(H,29,30,31). The van der Waals surface area contributed by atoms with Gasteiger partial charge in [-0.2, -0.15) is 0 Å². The van der Waals surface area contributed by atoms with Gasteiger partial charge in [0.15, 0.2) is 15.7 Å². The largest absolute Gasteiger partial charge is 0.456 e. The van der Waals surface area contributed by atoms with Gasteiger partial charge < -0.3 is 25.7 Å². The SMILES string of the molecule is CC(C)(C(=O)NCCn1ccc2ncnc(Nc3ccc(Oc4cccc(N)c4)c(Cl)c3)c21)S(C)(=O)=O. The summed E-state index contributed by atoms with van der Waals surface area (Å²) in [6, 6.07) is 14.2. The van der Waals surface area contributed by atoms with Crippen LogP contribution in [0.2, 0.25) is 5.02 Å². The number of hydrogen-bond acceptors (Lipinski definition) is 8. The zero-order chi connectivity index (χ0) is 26.8. The van der Waals surface area contributed by atoms with Gasteiger partial charge in [-0.1, -0.05) is 17.7 Å². The molecule has 1 amide bonds. The summed E-state index contributed by atoms with van der Waals surface area (Å²) in [7, 11) is -3.56. The van der Waals surface area contributed by atoms with E-state index in [0.29, 0.717) is 45.8 Å². The first-order valence-corrected chi connectivity index (χ1v) is 13.6. The zero-order valence-electron chi connectivity index (χ0n) is 20.5. The van der Waals surface area contributed by atoms with Gasteiger partial charge in [-0.3, -0.25) is 4.79 Å². The molecule has 37 heavy (non-hydrogen) atoms. The number of sulfone groups is 1. The van der Waals surface area contributed by atoms with Crippen LogP contribution >= 0.6 is 11.6 Å². The van der Waals surface area contributed by atoms with Crippen molar-refractivity contribution < 1.29 is 17.9 Å². The molecule has 0 saturated heterocycles. The number of benzene rings is 2. The van der Waals surface area contributed by atoms with Crippen LogP contribution in [0.1, 0.15) is 13.8 Å². The minimum atomic E-state index is -3.56. The molecule has 0 unspecified atom stereocenters. The van der Waals surface area contributed by atoms with E-state index in [0.717, 1.165) is 11.8 Å². The second kappa shape index (κ2) is 10.3. The fourth-order valence-electron chi connectivity index (χ4n) is 3.48. The van der Waals surface area contributed by atoms with Crippen molar-refractivity contribution in [1.29, 1.82) is 0 Å². The average molecular weight is 543 g/mol. The fourth-order valence-corrected chi connectivity index (χ4v) is 4.11. The third-order valence-electron chi connectivity index (χ3n) is 5.94. The molecule has 2 aromatic heterocycles. The smallest absolute Gasteiger partial charge is 0.240 e. The maximum atomic E-state index is 12.4. The molecule has 0 aliphatic rings. The molecule has 0 atom stereocenters. The summed E-state index contributed by atoms with van der Waals surface area (Å²) in [6.45, 7) is 3.37. The van der Waals surface area contributed by atoms with Crippen LogP contribution in [0.3, 0.4) is 0 Å². The van der Waals surface area contributed by atoms with E-state index in [-0.39, 0.29) is 6.54 Å².